The van der Waals surface area contributed by atoms with Crippen LogP contribution in [0.15, 0.2) is 30.5 Å². The largest absolute Gasteiger partial charge is 0.370 e. The zero-order chi connectivity index (χ0) is 19.3. The number of hydrogen-bond donors (Lipinski definition) is 3. The van der Waals surface area contributed by atoms with Crippen molar-refractivity contribution in [1.82, 2.24) is 15.3 Å². The van der Waals surface area contributed by atoms with Crippen molar-refractivity contribution in [3.8, 4) is 0 Å². The zero-order valence-electron chi connectivity index (χ0n) is 15.9. The van der Waals surface area contributed by atoms with Crippen molar-refractivity contribution >= 4 is 23.4 Å². The maximum atomic E-state index is 13.4. The molecule has 0 spiro atoms. The number of carbonyl (C=O) groups excluding carboxylic acids is 1. The molecule has 7 heteroatoms. The van der Waals surface area contributed by atoms with Crippen LogP contribution in [-0.4, -0.2) is 29.0 Å². The number of hydrogen-bond acceptors (Lipinski definition) is 5. The van der Waals surface area contributed by atoms with E-state index in [1.54, 1.807) is 12.1 Å². The van der Waals surface area contributed by atoms with E-state index in [0.717, 1.165) is 37.2 Å². The SMILES string of the molecule is O=C(CC1CC1)NCCCNc1nc(Nc2cccc(F)c2)ncc1C1CC1. The molecular weight excluding hydrogens is 357 g/mol. The van der Waals surface area contributed by atoms with Crippen LogP contribution in [0, 0.1) is 11.7 Å². The average molecular weight is 383 g/mol. The van der Waals surface area contributed by atoms with Crippen molar-refractivity contribution < 1.29 is 9.18 Å². The first kappa shape index (κ1) is 18.7. The summed E-state index contributed by atoms with van der Waals surface area (Å²) in [6.07, 6.45) is 8.05. The normalized spacial score (nSPS) is 15.9. The van der Waals surface area contributed by atoms with Gasteiger partial charge in [0.1, 0.15) is 11.6 Å². The number of nitrogens with one attached hydrogen (secondary N) is 3. The van der Waals surface area contributed by atoms with E-state index >= 15 is 0 Å². The molecular formula is C21H26FN5O. The molecule has 28 heavy (non-hydrogen) atoms. The second-order valence-electron chi connectivity index (χ2n) is 7.68. The predicted molar refractivity (Wildman–Crippen MR) is 107 cm³/mol. The fourth-order valence-electron chi connectivity index (χ4n) is 3.16. The van der Waals surface area contributed by atoms with Crippen LogP contribution >= 0.6 is 0 Å². The van der Waals surface area contributed by atoms with Crippen LogP contribution in [-0.2, 0) is 4.79 Å². The third-order valence-corrected chi connectivity index (χ3v) is 5.05. The van der Waals surface area contributed by atoms with E-state index in [9.17, 15) is 9.18 Å². The number of benzene rings is 1. The summed E-state index contributed by atoms with van der Waals surface area (Å²) in [5.74, 6) is 2.25. The molecule has 0 saturated heterocycles. The second kappa shape index (κ2) is 8.54. The van der Waals surface area contributed by atoms with E-state index in [0.29, 0.717) is 36.4 Å². The Kier molecular flexibility index (Phi) is 5.69. The maximum Gasteiger partial charge on any atom is 0.229 e. The number of anilines is 3. The third kappa shape index (κ3) is 5.41. The summed E-state index contributed by atoms with van der Waals surface area (Å²) in [6.45, 7) is 1.39. The molecule has 1 aromatic carbocycles. The minimum atomic E-state index is -0.304. The van der Waals surface area contributed by atoms with Crippen molar-refractivity contribution in [1.29, 1.82) is 0 Å². The van der Waals surface area contributed by atoms with Gasteiger partial charge in [-0.2, -0.15) is 4.98 Å². The fourth-order valence-corrected chi connectivity index (χ4v) is 3.16. The van der Waals surface area contributed by atoms with E-state index in [-0.39, 0.29) is 11.7 Å². The molecule has 0 bridgehead atoms. The quantitative estimate of drug-likeness (QED) is 0.541. The maximum absolute atomic E-state index is 13.4. The molecule has 0 radical (unpaired) electrons. The van der Waals surface area contributed by atoms with Gasteiger partial charge in [-0.3, -0.25) is 4.79 Å². The monoisotopic (exact) mass is 383 g/mol. The number of rotatable bonds is 10. The summed E-state index contributed by atoms with van der Waals surface area (Å²) in [5, 5.41) is 9.42. The van der Waals surface area contributed by atoms with E-state index < -0.39 is 0 Å². The van der Waals surface area contributed by atoms with Gasteiger partial charge in [-0.15, -0.1) is 0 Å². The van der Waals surface area contributed by atoms with Gasteiger partial charge in [0.2, 0.25) is 11.9 Å². The molecule has 4 rings (SSSR count). The summed E-state index contributed by atoms with van der Waals surface area (Å²) in [6, 6.07) is 6.24. The predicted octanol–water partition coefficient (Wildman–Crippen LogP) is 3.96. The fraction of sp³-hybridized carbons (Fsp3) is 0.476. The zero-order valence-corrected chi connectivity index (χ0v) is 15.9. The van der Waals surface area contributed by atoms with Crippen LogP contribution in [0.25, 0.3) is 0 Å². The Morgan fingerprint density at radius 2 is 2.04 bits per heavy atom. The van der Waals surface area contributed by atoms with Crippen molar-refractivity contribution in [2.45, 2.75) is 44.4 Å². The summed E-state index contributed by atoms with van der Waals surface area (Å²) in [7, 11) is 0. The average Bonchev–Trinajstić information content (AvgIpc) is 3.57. The van der Waals surface area contributed by atoms with Crippen LogP contribution in [0.5, 0.6) is 0 Å². The lowest BCUT2D eigenvalue weighted by atomic mass is 10.2. The molecule has 2 aromatic rings. The van der Waals surface area contributed by atoms with Gasteiger partial charge in [0.05, 0.1) is 0 Å². The van der Waals surface area contributed by atoms with Gasteiger partial charge < -0.3 is 16.0 Å². The second-order valence-corrected chi connectivity index (χ2v) is 7.68. The smallest absolute Gasteiger partial charge is 0.229 e. The highest BCUT2D eigenvalue weighted by atomic mass is 19.1. The number of carbonyl (C=O) groups is 1. The molecule has 2 saturated carbocycles. The minimum Gasteiger partial charge on any atom is -0.370 e. The van der Waals surface area contributed by atoms with Crippen LogP contribution < -0.4 is 16.0 Å². The van der Waals surface area contributed by atoms with Gasteiger partial charge in [-0.1, -0.05) is 6.07 Å². The first-order valence-electron chi connectivity index (χ1n) is 10.1. The van der Waals surface area contributed by atoms with Crippen molar-refractivity contribution in [2.24, 2.45) is 5.92 Å². The minimum absolute atomic E-state index is 0.157. The van der Waals surface area contributed by atoms with Gasteiger partial charge >= 0.3 is 0 Å². The molecule has 0 unspecified atom stereocenters. The topological polar surface area (TPSA) is 78.9 Å². The Bertz CT molecular complexity index is 835. The number of aromatic nitrogens is 2. The molecule has 2 aliphatic carbocycles. The summed E-state index contributed by atoms with van der Waals surface area (Å²) in [5.41, 5.74) is 1.74. The first-order valence-corrected chi connectivity index (χ1v) is 10.1. The van der Waals surface area contributed by atoms with Gasteiger partial charge in [0.15, 0.2) is 0 Å². The summed E-state index contributed by atoms with van der Waals surface area (Å²) in [4.78, 5) is 20.7. The van der Waals surface area contributed by atoms with Gasteiger partial charge in [-0.05, 0) is 62.1 Å². The molecule has 0 atom stereocenters. The highest BCUT2D eigenvalue weighted by Gasteiger charge is 2.27. The first-order chi connectivity index (χ1) is 13.7. The molecule has 1 heterocycles. The molecule has 2 aliphatic rings. The third-order valence-electron chi connectivity index (χ3n) is 5.05. The molecule has 0 aliphatic heterocycles. The Morgan fingerprint density at radius 3 is 2.79 bits per heavy atom. The lowest BCUT2D eigenvalue weighted by Gasteiger charge is -2.13. The van der Waals surface area contributed by atoms with E-state index in [4.69, 9.17) is 0 Å². The standard InChI is InChI=1S/C21H26FN5O/c22-16-3-1-4-17(12-16)26-21-25-13-18(15-7-8-15)20(27-21)24-10-2-9-23-19(28)11-14-5-6-14/h1,3-4,12-15H,2,5-11H2,(H,23,28)(H2,24,25,26,27). The van der Waals surface area contributed by atoms with Crippen LogP contribution in [0.4, 0.5) is 21.8 Å². The van der Waals surface area contributed by atoms with Crippen molar-refractivity contribution in [3.63, 3.8) is 0 Å². The Labute approximate surface area is 164 Å². The van der Waals surface area contributed by atoms with Crippen LogP contribution in [0.2, 0.25) is 0 Å². The van der Waals surface area contributed by atoms with E-state index in [1.165, 1.54) is 25.0 Å². The van der Waals surface area contributed by atoms with Crippen LogP contribution in [0.1, 0.15) is 50.0 Å². The summed E-state index contributed by atoms with van der Waals surface area (Å²) >= 11 is 0. The van der Waals surface area contributed by atoms with Gasteiger partial charge in [0.25, 0.3) is 0 Å². The van der Waals surface area contributed by atoms with Crippen LogP contribution in [0.3, 0.4) is 0 Å². The lowest BCUT2D eigenvalue weighted by molar-refractivity contribution is -0.121. The molecule has 148 valence electrons. The molecule has 3 N–H and O–H groups in total. The molecule has 1 aromatic heterocycles. The molecule has 1 amide bonds. The van der Waals surface area contributed by atoms with E-state index in [2.05, 4.69) is 25.9 Å². The number of halogens is 1. The highest BCUT2D eigenvalue weighted by Crippen LogP contribution is 2.42. The lowest BCUT2D eigenvalue weighted by Crippen LogP contribution is -2.26. The highest BCUT2D eigenvalue weighted by molar-refractivity contribution is 5.76. The Morgan fingerprint density at radius 1 is 1.18 bits per heavy atom. The Hall–Kier alpha value is -2.70. The number of nitrogens with zero attached hydrogens (tertiary/aromatic N) is 2. The summed E-state index contributed by atoms with van der Waals surface area (Å²) < 4.78 is 13.4. The van der Waals surface area contributed by atoms with Crippen molar-refractivity contribution in [2.75, 3.05) is 23.7 Å². The van der Waals surface area contributed by atoms with E-state index in [1.807, 2.05) is 6.20 Å². The molecule has 6 nitrogen and oxygen atoms in total. The van der Waals surface area contributed by atoms with Gasteiger partial charge in [0, 0.05) is 37.0 Å². The van der Waals surface area contributed by atoms with Gasteiger partial charge in [-0.25, -0.2) is 9.37 Å². The van der Waals surface area contributed by atoms with Crippen molar-refractivity contribution in [3.05, 3.63) is 41.8 Å². The Balaban J connectivity index is 1.31. The molecule has 2 fully saturated rings. The number of amides is 1.